The number of anilines is 2. The molecule has 2 N–H and O–H groups in total. The highest BCUT2D eigenvalue weighted by molar-refractivity contribution is 5.55. The van der Waals surface area contributed by atoms with Crippen molar-refractivity contribution in [3.8, 4) is 0 Å². The zero-order valence-corrected chi connectivity index (χ0v) is 11.6. The number of nitrogens with zero attached hydrogens (tertiary/aromatic N) is 4. The molecule has 0 aliphatic carbocycles. The van der Waals surface area contributed by atoms with Gasteiger partial charge in [0.2, 0.25) is 0 Å². The molecular formula is C13H23N5. The first-order chi connectivity index (χ1) is 8.58. The highest BCUT2D eigenvalue weighted by Crippen LogP contribution is 2.21. The number of nitrogens with two attached hydrogens (primary N) is 1. The van der Waals surface area contributed by atoms with Gasteiger partial charge in [0.25, 0.3) is 0 Å². The van der Waals surface area contributed by atoms with Gasteiger partial charge in [0.15, 0.2) is 0 Å². The zero-order chi connectivity index (χ0) is 13.1. The minimum absolute atomic E-state index is 0.588. The summed E-state index contributed by atoms with van der Waals surface area (Å²) in [7, 11) is 0. The van der Waals surface area contributed by atoms with Crippen LogP contribution in [0.5, 0.6) is 0 Å². The first kappa shape index (κ1) is 13.1. The van der Waals surface area contributed by atoms with E-state index in [1.165, 1.54) is 6.54 Å². The van der Waals surface area contributed by atoms with Crippen LogP contribution in [-0.4, -0.2) is 47.6 Å². The van der Waals surface area contributed by atoms with E-state index in [0.717, 1.165) is 43.5 Å². The smallest absolute Gasteiger partial charge is 0.137 e. The molecule has 0 bridgehead atoms. The number of hydrogen-bond acceptors (Lipinski definition) is 5. The van der Waals surface area contributed by atoms with Crippen molar-refractivity contribution in [2.75, 3.05) is 43.4 Å². The Labute approximate surface area is 109 Å². The molecule has 0 aromatic carbocycles. The molecular weight excluding hydrogens is 226 g/mol. The average molecular weight is 249 g/mol. The van der Waals surface area contributed by atoms with Crippen LogP contribution in [0.4, 0.5) is 11.6 Å². The van der Waals surface area contributed by atoms with Gasteiger partial charge in [0.05, 0.1) is 0 Å². The van der Waals surface area contributed by atoms with Crippen LogP contribution in [0.1, 0.15) is 19.4 Å². The summed E-state index contributed by atoms with van der Waals surface area (Å²) in [6, 6.07) is 0. The van der Waals surface area contributed by atoms with Crippen LogP contribution in [0.3, 0.4) is 0 Å². The maximum atomic E-state index is 5.83. The number of hydrogen-bond donors (Lipinski definition) is 1. The molecule has 1 aromatic rings. The Kier molecular flexibility index (Phi) is 4.01. The van der Waals surface area contributed by atoms with Gasteiger partial charge in [-0.3, -0.25) is 4.90 Å². The van der Waals surface area contributed by atoms with Crippen LogP contribution in [0, 0.1) is 12.8 Å². The largest absolute Gasteiger partial charge is 0.383 e. The molecule has 0 spiro atoms. The molecule has 1 saturated heterocycles. The predicted octanol–water partition coefficient (Wildman–Crippen LogP) is 1.15. The van der Waals surface area contributed by atoms with Gasteiger partial charge in [-0.05, 0) is 12.8 Å². The quantitative estimate of drug-likeness (QED) is 0.870. The molecule has 100 valence electrons. The highest BCUT2D eigenvalue weighted by atomic mass is 15.3. The Bertz CT molecular complexity index is 396. The van der Waals surface area contributed by atoms with E-state index >= 15 is 0 Å². The number of rotatable bonds is 3. The van der Waals surface area contributed by atoms with Crippen molar-refractivity contribution >= 4 is 11.6 Å². The van der Waals surface area contributed by atoms with Gasteiger partial charge in [-0.15, -0.1) is 0 Å². The first-order valence-corrected chi connectivity index (χ1v) is 6.62. The Morgan fingerprint density at radius 2 is 1.89 bits per heavy atom. The number of nitrogen functional groups attached to an aromatic ring is 1. The van der Waals surface area contributed by atoms with Gasteiger partial charge < -0.3 is 10.6 Å². The molecule has 5 heteroatoms. The van der Waals surface area contributed by atoms with Gasteiger partial charge in [0, 0.05) is 38.3 Å². The Hall–Kier alpha value is -1.36. The summed E-state index contributed by atoms with van der Waals surface area (Å²) in [6.07, 6.45) is 1.55. The Balaban J connectivity index is 1.99. The summed E-state index contributed by atoms with van der Waals surface area (Å²) in [5.74, 6) is 2.31. The standard InChI is InChI=1S/C13H23N5/c1-10(2)8-17-4-6-18(7-5-17)13-11(3)12(14)15-9-16-13/h9-10H,4-8H2,1-3H3,(H2,14,15,16). The lowest BCUT2D eigenvalue weighted by Gasteiger charge is -2.36. The molecule has 0 saturated carbocycles. The lowest BCUT2D eigenvalue weighted by atomic mass is 10.2. The molecule has 1 fully saturated rings. The van der Waals surface area contributed by atoms with Crippen molar-refractivity contribution in [1.82, 2.24) is 14.9 Å². The van der Waals surface area contributed by atoms with Gasteiger partial charge in [0.1, 0.15) is 18.0 Å². The second-order valence-electron chi connectivity index (χ2n) is 5.39. The van der Waals surface area contributed by atoms with E-state index < -0.39 is 0 Å². The van der Waals surface area contributed by atoms with Crippen molar-refractivity contribution in [3.63, 3.8) is 0 Å². The van der Waals surface area contributed by atoms with Crippen LogP contribution >= 0.6 is 0 Å². The molecule has 0 atom stereocenters. The summed E-state index contributed by atoms with van der Waals surface area (Å²) in [4.78, 5) is 13.2. The number of aromatic nitrogens is 2. The maximum absolute atomic E-state index is 5.83. The van der Waals surface area contributed by atoms with Crippen LogP contribution in [0.25, 0.3) is 0 Å². The van der Waals surface area contributed by atoms with Crippen molar-refractivity contribution in [2.24, 2.45) is 5.92 Å². The van der Waals surface area contributed by atoms with E-state index in [9.17, 15) is 0 Å². The molecule has 1 aliphatic heterocycles. The molecule has 0 amide bonds. The second kappa shape index (κ2) is 5.52. The minimum Gasteiger partial charge on any atom is -0.383 e. The van der Waals surface area contributed by atoms with Crippen molar-refractivity contribution in [1.29, 1.82) is 0 Å². The normalized spacial score (nSPS) is 17.4. The molecule has 1 aliphatic rings. The summed E-state index contributed by atoms with van der Waals surface area (Å²) >= 11 is 0. The average Bonchev–Trinajstić information content (AvgIpc) is 2.33. The third-order valence-electron chi connectivity index (χ3n) is 3.39. The molecule has 0 unspecified atom stereocenters. The first-order valence-electron chi connectivity index (χ1n) is 6.62. The topological polar surface area (TPSA) is 58.3 Å². The second-order valence-corrected chi connectivity index (χ2v) is 5.39. The van der Waals surface area contributed by atoms with Gasteiger partial charge >= 0.3 is 0 Å². The van der Waals surface area contributed by atoms with Gasteiger partial charge in [-0.1, -0.05) is 13.8 Å². The summed E-state index contributed by atoms with van der Waals surface area (Å²) in [6.45, 7) is 11.9. The Morgan fingerprint density at radius 3 is 2.50 bits per heavy atom. The van der Waals surface area contributed by atoms with E-state index in [2.05, 4.69) is 33.6 Å². The fourth-order valence-electron chi connectivity index (χ4n) is 2.43. The van der Waals surface area contributed by atoms with Crippen LogP contribution < -0.4 is 10.6 Å². The van der Waals surface area contributed by atoms with Crippen molar-refractivity contribution < 1.29 is 0 Å². The van der Waals surface area contributed by atoms with E-state index in [-0.39, 0.29) is 0 Å². The van der Waals surface area contributed by atoms with E-state index in [4.69, 9.17) is 5.73 Å². The van der Waals surface area contributed by atoms with Crippen LogP contribution in [0.2, 0.25) is 0 Å². The minimum atomic E-state index is 0.588. The van der Waals surface area contributed by atoms with Crippen LogP contribution in [0.15, 0.2) is 6.33 Å². The third-order valence-corrected chi connectivity index (χ3v) is 3.39. The Morgan fingerprint density at radius 1 is 1.22 bits per heavy atom. The SMILES string of the molecule is Cc1c(N)ncnc1N1CCN(CC(C)C)CC1. The molecule has 5 nitrogen and oxygen atoms in total. The molecule has 0 radical (unpaired) electrons. The fraction of sp³-hybridized carbons (Fsp3) is 0.692. The molecule has 18 heavy (non-hydrogen) atoms. The van der Waals surface area contributed by atoms with Gasteiger partial charge in [-0.25, -0.2) is 9.97 Å². The molecule has 1 aromatic heterocycles. The molecule has 2 rings (SSSR count). The summed E-state index contributed by atoms with van der Waals surface area (Å²) in [5, 5.41) is 0. The van der Waals surface area contributed by atoms with E-state index in [1.54, 1.807) is 6.33 Å². The fourth-order valence-corrected chi connectivity index (χ4v) is 2.43. The van der Waals surface area contributed by atoms with Crippen molar-refractivity contribution in [2.45, 2.75) is 20.8 Å². The lowest BCUT2D eigenvalue weighted by Crippen LogP contribution is -2.48. The predicted molar refractivity (Wildman–Crippen MR) is 74.7 cm³/mol. The van der Waals surface area contributed by atoms with Gasteiger partial charge in [-0.2, -0.15) is 0 Å². The lowest BCUT2D eigenvalue weighted by molar-refractivity contribution is 0.231. The van der Waals surface area contributed by atoms with Crippen molar-refractivity contribution in [3.05, 3.63) is 11.9 Å². The summed E-state index contributed by atoms with van der Waals surface area (Å²) in [5.41, 5.74) is 6.83. The van der Waals surface area contributed by atoms with Crippen LogP contribution in [-0.2, 0) is 0 Å². The maximum Gasteiger partial charge on any atom is 0.137 e. The van der Waals surface area contributed by atoms with E-state index in [1.807, 2.05) is 6.92 Å². The third kappa shape index (κ3) is 2.90. The summed E-state index contributed by atoms with van der Waals surface area (Å²) < 4.78 is 0. The number of piperazine rings is 1. The monoisotopic (exact) mass is 249 g/mol. The highest BCUT2D eigenvalue weighted by Gasteiger charge is 2.20. The van der Waals surface area contributed by atoms with E-state index in [0.29, 0.717) is 5.82 Å². The molecule has 2 heterocycles. The zero-order valence-electron chi connectivity index (χ0n) is 11.6.